The number of carbonyl (C=O) groups is 1. The molecular weight excluding hydrogens is 322 g/mol. The normalized spacial score (nSPS) is 11.0. The second-order valence-electron chi connectivity index (χ2n) is 5.44. The van der Waals surface area contributed by atoms with Crippen molar-refractivity contribution in [3.63, 3.8) is 0 Å². The first kappa shape index (κ1) is 14.6. The third-order valence-electron chi connectivity index (χ3n) is 3.96. The molecular formula is C18H13N3O2S. The molecule has 5 nitrogen and oxygen atoms in total. The number of carboxylic acid groups (broad SMARTS) is 1. The lowest BCUT2D eigenvalue weighted by Gasteiger charge is -2.01. The Morgan fingerprint density at radius 1 is 1.17 bits per heavy atom. The number of aromatic carboxylic acids is 1. The van der Waals surface area contributed by atoms with Crippen LogP contribution in [0.5, 0.6) is 0 Å². The van der Waals surface area contributed by atoms with Crippen molar-refractivity contribution < 1.29 is 9.90 Å². The van der Waals surface area contributed by atoms with Gasteiger partial charge >= 0.3 is 5.97 Å². The van der Waals surface area contributed by atoms with Crippen molar-refractivity contribution >= 4 is 28.1 Å². The smallest absolute Gasteiger partial charge is 0.339 e. The molecule has 0 saturated heterocycles. The summed E-state index contributed by atoms with van der Waals surface area (Å²) in [6, 6.07) is 14.4. The number of hydrogen-bond acceptors (Lipinski definition) is 4. The Bertz CT molecular complexity index is 1070. The fraction of sp³-hybridized carbons (Fsp3) is 0.0556. The fourth-order valence-corrected chi connectivity index (χ4v) is 3.50. The molecule has 0 atom stereocenters. The Kier molecular flexibility index (Phi) is 3.39. The van der Waals surface area contributed by atoms with Gasteiger partial charge in [0.25, 0.3) is 0 Å². The average molecular weight is 335 g/mol. The third-order valence-corrected chi connectivity index (χ3v) is 4.77. The third kappa shape index (κ3) is 2.37. The minimum Gasteiger partial charge on any atom is -0.478 e. The number of thiazole rings is 1. The topological polar surface area (TPSA) is 68.0 Å². The summed E-state index contributed by atoms with van der Waals surface area (Å²) < 4.78 is 1.57. The van der Waals surface area contributed by atoms with Crippen molar-refractivity contribution in [1.29, 1.82) is 0 Å². The molecule has 1 N–H and O–H groups in total. The molecule has 0 spiro atoms. The summed E-state index contributed by atoms with van der Waals surface area (Å²) in [7, 11) is 0. The summed E-state index contributed by atoms with van der Waals surface area (Å²) in [5, 5.41) is 18.2. The molecule has 4 rings (SSSR count). The molecule has 6 heteroatoms. The van der Waals surface area contributed by atoms with Crippen LogP contribution in [0.2, 0.25) is 0 Å². The largest absolute Gasteiger partial charge is 0.478 e. The number of carboxylic acids is 1. The molecule has 24 heavy (non-hydrogen) atoms. The van der Waals surface area contributed by atoms with Crippen LogP contribution >= 0.6 is 11.3 Å². The first-order valence-corrected chi connectivity index (χ1v) is 8.24. The van der Waals surface area contributed by atoms with Crippen LogP contribution in [0, 0.1) is 6.92 Å². The molecule has 0 aliphatic carbocycles. The van der Waals surface area contributed by atoms with Crippen LogP contribution in [0.4, 0.5) is 0 Å². The van der Waals surface area contributed by atoms with E-state index in [-0.39, 0.29) is 5.56 Å². The van der Waals surface area contributed by atoms with Gasteiger partial charge in [0.1, 0.15) is 5.56 Å². The summed E-state index contributed by atoms with van der Waals surface area (Å²) in [5.41, 5.74) is 2.64. The van der Waals surface area contributed by atoms with Crippen molar-refractivity contribution in [3.8, 4) is 16.4 Å². The second kappa shape index (κ2) is 5.58. The van der Waals surface area contributed by atoms with E-state index < -0.39 is 5.97 Å². The van der Waals surface area contributed by atoms with Gasteiger partial charge in [-0.1, -0.05) is 36.4 Å². The highest BCUT2D eigenvalue weighted by atomic mass is 32.1. The zero-order chi connectivity index (χ0) is 16.7. The van der Waals surface area contributed by atoms with E-state index in [4.69, 9.17) is 5.11 Å². The predicted octanol–water partition coefficient (Wildman–Crippen LogP) is 4.16. The van der Waals surface area contributed by atoms with Crippen molar-refractivity contribution in [2.24, 2.45) is 0 Å². The van der Waals surface area contributed by atoms with Crippen LogP contribution in [0.15, 0.2) is 54.0 Å². The number of fused-ring (bicyclic) bond motifs is 1. The van der Waals surface area contributed by atoms with Crippen LogP contribution < -0.4 is 0 Å². The molecule has 0 radical (unpaired) electrons. The van der Waals surface area contributed by atoms with Gasteiger partial charge in [0.15, 0.2) is 0 Å². The molecule has 0 aliphatic rings. The zero-order valence-electron chi connectivity index (χ0n) is 12.8. The molecule has 2 heterocycles. The lowest BCUT2D eigenvalue weighted by Crippen LogP contribution is -2.02. The van der Waals surface area contributed by atoms with E-state index in [2.05, 4.69) is 34.3 Å². The van der Waals surface area contributed by atoms with E-state index in [0.29, 0.717) is 10.8 Å². The number of aromatic nitrogens is 3. The van der Waals surface area contributed by atoms with Gasteiger partial charge in [-0.2, -0.15) is 5.10 Å². The van der Waals surface area contributed by atoms with Crippen molar-refractivity contribution in [3.05, 3.63) is 65.3 Å². The summed E-state index contributed by atoms with van der Waals surface area (Å²) >= 11 is 1.44. The quantitative estimate of drug-likeness (QED) is 0.610. The van der Waals surface area contributed by atoms with Crippen LogP contribution in [-0.2, 0) is 0 Å². The van der Waals surface area contributed by atoms with Crippen LogP contribution in [-0.4, -0.2) is 25.8 Å². The maximum atomic E-state index is 11.1. The molecule has 2 aromatic carbocycles. The van der Waals surface area contributed by atoms with Gasteiger partial charge in [-0.15, -0.1) is 11.3 Å². The Balaban J connectivity index is 1.75. The maximum absolute atomic E-state index is 11.1. The molecule has 2 aromatic heterocycles. The summed E-state index contributed by atoms with van der Waals surface area (Å²) in [5.74, 6) is -0.981. The van der Waals surface area contributed by atoms with Gasteiger partial charge in [-0.3, -0.25) is 0 Å². The van der Waals surface area contributed by atoms with Gasteiger partial charge in [-0.25, -0.2) is 14.5 Å². The molecule has 0 saturated carbocycles. The van der Waals surface area contributed by atoms with Gasteiger partial charge in [0.05, 0.1) is 17.6 Å². The standard InChI is InChI=1S/C18H13N3O2S/c1-11-15(17(22)23)9-19-21(11)18-20-16(10-24-18)14-7-6-12-4-2-3-5-13(12)8-14/h2-10H,1H3,(H,22,23). The molecule has 0 amide bonds. The van der Waals surface area contributed by atoms with Gasteiger partial charge in [-0.05, 0) is 23.8 Å². The predicted molar refractivity (Wildman–Crippen MR) is 93.9 cm³/mol. The van der Waals surface area contributed by atoms with Crippen LogP contribution in [0.3, 0.4) is 0 Å². The molecule has 0 unspecified atom stereocenters. The lowest BCUT2D eigenvalue weighted by atomic mass is 10.1. The monoisotopic (exact) mass is 335 g/mol. The Labute approximate surface area is 141 Å². The number of nitrogens with zero attached hydrogens (tertiary/aromatic N) is 3. The zero-order valence-corrected chi connectivity index (χ0v) is 13.6. The van der Waals surface area contributed by atoms with E-state index in [9.17, 15) is 4.79 Å². The van der Waals surface area contributed by atoms with Crippen molar-refractivity contribution in [2.45, 2.75) is 6.92 Å². The van der Waals surface area contributed by atoms with E-state index in [1.807, 2.05) is 23.6 Å². The van der Waals surface area contributed by atoms with E-state index in [1.165, 1.54) is 22.9 Å². The maximum Gasteiger partial charge on any atom is 0.339 e. The Morgan fingerprint density at radius 3 is 2.71 bits per heavy atom. The highest BCUT2D eigenvalue weighted by Crippen LogP contribution is 2.27. The van der Waals surface area contributed by atoms with E-state index in [1.54, 1.807) is 11.6 Å². The van der Waals surface area contributed by atoms with Gasteiger partial charge in [0.2, 0.25) is 5.13 Å². The molecule has 0 fully saturated rings. The Morgan fingerprint density at radius 2 is 1.96 bits per heavy atom. The first-order valence-electron chi connectivity index (χ1n) is 7.36. The molecule has 0 bridgehead atoms. The number of rotatable bonds is 3. The molecule has 118 valence electrons. The van der Waals surface area contributed by atoms with E-state index >= 15 is 0 Å². The van der Waals surface area contributed by atoms with E-state index in [0.717, 1.165) is 16.6 Å². The molecule has 4 aromatic rings. The van der Waals surface area contributed by atoms with Crippen molar-refractivity contribution in [2.75, 3.05) is 0 Å². The fourth-order valence-electron chi connectivity index (χ4n) is 2.66. The summed E-state index contributed by atoms with van der Waals surface area (Å²) in [6.45, 7) is 1.73. The van der Waals surface area contributed by atoms with Gasteiger partial charge < -0.3 is 5.11 Å². The summed E-state index contributed by atoms with van der Waals surface area (Å²) in [6.07, 6.45) is 1.36. The van der Waals surface area contributed by atoms with Crippen molar-refractivity contribution in [1.82, 2.24) is 14.8 Å². The number of hydrogen-bond donors (Lipinski definition) is 1. The SMILES string of the molecule is Cc1c(C(=O)O)cnn1-c1nc(-c2ccc3ccccc3c2)cs1. The first-order chi connectivity index (χ1) is 11.6. The number of benzene rings is 2. The lowest BCUT2D eigenvalue weighted by molar-refractivity contribution is 0.0696. The minimum atomic E-state index is -0.981. The minimum absolute atomic E-state index is 0.192. The second-order valence-corrected chi connectivity index (χ2v) is 6.27. The highest BCUT2D eigenvalue weighted by Gasteiger charge is 2.16. The Hall–Kier alpha value is -2.99. The molecule has 0 aliphatic heterocycles. The average Bonchev–Trinajstić information content (AvgIpc) is 3.21. The van der Waals surface area contributed by atoms with Gasteiger partial charge in [0, 0.05) is 10.9 Å². The highest BCUT2D eigenvalue weighted by molar-refractivity contribution is 7.12. The van der Waals surface area contributed by atoms with Crippen LogP contribution in [0.1, 0.15) is 16.1 Å². The van der Waals surface area contributed by atoms with Crippen LogP contribution in [0.25, 0.3) is 27.2 Å². The summed E-state index contributed by atoms with van der Waals surface area (Å²) in [4.78, 5) is 15.8.